The summed E-state index contributed by atoms with van der Waals surface area (Å²) in [7, 11) is 0.201. The highest BCUT2D eigenvalue weighted by Crippen LogP contribution is 2.37. The fourth-order valence-electron chi connectivity index (χ4n) is 7.08. The van der Waals surface area contributed by atoms with Gasteiger partial charge >= 0.3 is 7.12 Å². The molecular weight excluding hydrogens is 714 g/mol. The Morgan fingerprint density at radius 1 is 0.596 bits per heavy atom. The Balaban J connectivity index is 0.000000201. The predicted octanol–water partition coefficient (Wildman–Crippen LogP) is 9.53. The fourth-order valence-corrected chi connectivity index (χ4v) is 7.34. The van der Waals surface area contributed by atoms with Crippen molar-refractivity contribution in [1.29, 1.82) is 10.5 Å². The third kappa shape index (κ3) is 9.44. The van der Waals surface area contributed by atoms with Crippen LogP contribution in [0, 0.1) is 22.7 Å². The van der Waals surface area contributed by atoms with Gasteiger partial charge in [0.05, 0.1) is 41.6 Å². The number of rotatable bonds is 5. The molecule has 0 N–H and O–H groups in total. The summed E-state index contributed by atoms with van der Waals surface area (Å²) in [5.41, 5.74) is 7.17. The molecule has 0 amide bonds. The lowest BCUT2D eigenvalue weighted by atomic mass is 9.77. The second-order valence-electron chi connectivity index (χ2n) is 14.6. The Kier molecular flexibility index (Phi) is 13.2. The van der Waals surface area contributed by atoms with Crippen molar-refractivity contribution in [2.75, 3.05) is 43.2 Å². The minimum Gasteiger partial charge on any atom is -0.399 e. The van der Waals surface area contributed by atoms with E-state index in [-0.39, 0.29) is 18.3 Å². The maximum atomic E-state index is 9.50. The van der Waals surface area contributed by atoms with Crippen molar-refractivity contribution < 1.29 is 13.7 Å². The van der Waals surface area contributed by atoms with Crippen LogP contribution in [-0.4, -0.2) is 51.7 Å². The van der Waals surface area contributed by atoms with E-state index in [0.29, 0.717) is 24.6 Å². The largest absolute Gasteiger partial charge is 0.494 e. The van der Waals surface area contributed by atoms with E-state index in [2.05, 4.69) is 138 Å². The molecule has 0 spiro atoms. The summed E-state index contributed by atoms with van der Waals surface area (Å²) >= 11 is 3.49. The maximum absolute atomic E-state index is 9.50. The molecule has 6 nitrogen and oxygen atoms in total. The number of anilines is 2. The smallest absolute Gasteiger partial charge is 0.399 e. The van der Waals surface area contributed by atoms with Crippen LogP contribution in [0.3, 0.4) is 0 Å². The van der Waals surface area contributed by atoms with Gasteiger partial charge in [0.15, 0.2) is 0 Å². The van der Waals surface area contributed by atoms with Crippen molar-refractivity contribution in [2.45, 2.75) is 76.4 Å². The van der Waals surface area contributed by atoms with Crippen molar-refractivity contribution in [2.24, 2.45) is 0 Å². The number of alkyl halides is 1. The van der Waals surface area contributed by atoms with E-state index < -0.39 is 0 Å². The molecule has 4 aromatic rings. The van der Waals surface area contributed by atoms with Gasteiger partial charge in [0.1, 0.15) is 0 Å². The molecule has 3 fully saturated rings. The average Bonchev–Trinajstić information content (AvgIpc) is 3.42. The van der Waals surface area contributed by atoms with Crippen LogP contribution in [0.1, 0.15) is 87.5 Å². The highest BCUT2D eigenvalue weighted by molar-refractivity contribution is 9.10. The van der Waals surface area contributed by atoms with Gasteiger partial charge in [-0.05, 0) is 142 Å². The van der Waals surface area contributed by atoms with Gasteiger partial charge in [0.2, 0.25) is 0 Å². The van der Waals surface area contributed by atoms with Gasteiger partial charge in [-0.2, -0.15) is 10.5 Å². The molecule has 3 saturated heterocycles. The van der Waals surface area contributed by atoms with Crippen LogP contribution in [0.25, 0.3) is 0 Å². The third-order valence-electron chi connectivity index (χ3n) is 11.0. The molecular formula is C43H49BBrFN4O2. The predicted molar refractivity (Wildman–Crippen MR) is 214 cm³/mol. The summed E-state index contributed by atoms with van der Waals surface area (Å²) < 4.78 is 23.0. The highest BCUT2D eigenvalue weighted by Gasteiger charge is 2.51. The summed E-state index contributed by atoms with van der Waals surface area (Å²) in [6, 6.07) is 37.7. The molecule has 52 heavy (non-hydrogen) atoms. The van der Waals surface area contributed by atoms with Crippen LogP contribution >= 0.6 is 15.9 Å². The molecule has 0 aliphatic carbocycles. The van der Waals surface area contributed by atoms with E-state index in [1.165, 1.54) is 35.3 Å². The van der Waals surface area contributed by atoms with E-state index in [1.54, 1.807) is 0 Å². The first-order valence-corrected chi connectivity index (χ1v) is 18.9. The van der Waals surface area contributed by atoms with Crippen LogP contribution in [0.5, 0.6) is 0 Å². The van der Waals surface area contributed by atoms with Gasteiger partial charge in [-0.1, -0.05) is 52.3 Å². The van der Waals surface area contributed by atoms with Crippen molar-refractivity contribution in [3.63, 3.8) is 0 Å². The molecule has 270 valence electrons. The molecule has 3 aliphatic heterocycles. The summed E-state index contributed by atoms with van der Waals surface area (Å²) in [5, 5.41) is 17.8. The summed E-state index contributed by atoms with van der Waals surface area (Å²) in [6.45, 7) is 12.6. The molecule has 3 aliphatic rings. The van der Waals surface area contributed by atoms with E-state index in [9.17, 15) is 4.39 Å². The van der Waals surface area contributed by atoms with E-state index in [0.717, 1.165) is 54.5 Å². The Morgan fingerprint density at radius 3 is 1.29 bits per heavy atom. The van der Waals surface area contributed by atoms with Gasteiger partial charge in [-0.15, -0.1) is 0 Å². The van der Waals surface area contributed by atoms with Gasteiger partial charge in [-0.25, -0.2) is 0 Å². The molecule has 0 atom stereocenters. The van der Waals surface area contributed by atoms with Crippen molar-refractivity contribution in [1.82, 2.24) is 0 Å². The number of hydrogen-bond donors (Lipinski definition) is 0. The summed E-state index contributed by atoms with van der Waals surface area (Å²) in [5.74, 6) is 1.24. The van der Waals surface area contributed by atoms with Crippen LogP contribution in [-0.2, 0) is 9.31 Å². The van der Waals surface area contributed by atoms with Crippen LogP contribution in [0.4, 0.5) is 15.8 Å². The Labute approximate surface area is 318 Å². The third-order valence-corrected chi connectivity index (χ3v) is 11.5. The van der Waals surface area contributed by atoms with Crippen LogP contribution in [0.15, 0.2) is 102 Å². The second-order valence-corrected chi connectivity index (χ2v) is 15.6. The lowest BCUT2D eigenvalue weighted by molar-refractivity contribution is 0.00578. The minimum absolute atomic E-state index is 0.299. The van der Waals surface area contributed by atoms with Crippen LogP contribution < -0.4 is 15.3 Å². The number of halogens is 2. The lowest BCUT2D eigenvalue weighted by Gasteiger charge is -2.34. The molecule has 0 saturated carbocycles. The molecule has 3 heterocycles. The standard InChI is InChI=1S/C24H29BN2O2.C18H17BrN2.CH3F/c1-23(2)24(3,4)29-25(28-23)21-9-7-19(8-10-21)20-13-15-27(16-14-20)22-11-5-18(17-26)6-12-22;19-17-5-3-15(4-6-17)16-9-11-21(12-10-16)18-7-1-14(13-20)2-8-18;1-2/h5-12,20H,13-16H2,1-4H3;1-8,16H,9-12H2;1H3. The van der Waals surface area contributed by atoms with E-state index >= 15 is 0 Å². The average molecular weight is 764 g/mol. The SMILES string of the molecule is CC1(C)OB(c2ccc(C3CCN(c4ccc(C#N)cc4)CC3)cc2)OC1(C)C.CF.N#Cc1ccc(N2CCC(c3ccc(Br)cc3)CC2)cc1. The lowest BCUT2D eigenvalue weighted by Crippen LogP contribution is -2.41. The summed E-state index contributed by atoms with van der Waals surface area (Å²) in [6.07, 6.45) is 4.63. The van der Waals surface area contributed by atoms with Crippen molar-refractivity contribution in [3.8, 4) is 12.1 Å². The Hall–Kier alpha value is -4.15. The molecule has 0 radical (unpaired) electrons. The first kappa shape index (κ1) is 39.1. The van der Waals surface area contributed by atoms with Gasteiger partial charge < -0.3 is 19.1 Å². The number of nitriles is 2. The topological polar surface area (TPSA) is 72.5 Å². The number of benzene rings is 4. The molecule has 0 unspecified atom stereocenters. The molecule has 0 aromatic heterocycles. The van der Waals surface area contributed by atoms with Crippen LogP contribution in [0.2, 0.25) is 0 Å². The van der Waals surface area contributed by atoms with Gasteiger partial charge in [-0.3, -0.25) is 4.39 Å². The Morgan fingerprint density at radius 2 is 0.942 bits per heavy atom. The zero-order chi connectivity index (χ0) is 37.3. The quantitative estimate of drug-likeness (QED) is 0.189. The normalized spacial score (nSPS) is 18.3. The van der Waals surface area contributed by atoms with Crippen molar-refractivity contribution in [3.05, 3.63) is 124 Å². The maximum Gasteiger partial charge on any atom is 0.494 e. The molecule has 9 heteroatoms. The Bertz CT molecular complexity index is 1790. The number of nitrogens with zero attached hydrogens (tertiary/aromatic N) is 4. The molecule has 0 bridgehead atoms. The second kappa shape index (κ2) is 17.6. The van der Waals surface area contributed by atoms with Gasteiger partial charge in [0.25, 0.3) is 0 Å². The van der Waals surface area contributed by atoms with Crippen molar-refractivity contribution >= 4 is 39.9 Å². The highest BCUT2D eigenvalue weighted by atomic mass is 79.9. The fraction of sp³-hybridized carbons (Fsp3) is 0.395. The minimum atomic E-state index is -0.311. The molecule has 7 rings (SSSR count). The molecule has 4 aromatic carbocycles. The van der Waals surface area contributed by atoms with E-state index in [4.69, 9.17) is 19.8 Å². The van der Waals surface area contributed by atoms with E-state index in [1.807, 2.05) is 24.3 Å². The monoisotopic (exact) mass is 762 g/mol. The zero-order valence-corrected chi connectivity index (χ0v) is 32.6. The zero-order valence-electron chi connectivity index (χ0n) is 31.0. The number of hydrogen-bond acceptors (Lipinski definition) is 6. The first-order chi connectivity index (χ1) is 25.0. The number of piperidine rings is 2. The summed E-state index contributed by atoms with van der Waals surface area (Å²) in [4.78, 5) is 4.83. The van der Waals surface area contributed by atoms with Gasteiger partial charge in [0, 0.05) is 42.0 Å². The first-order valence-electron chi connectivity index (χ1n) is 18.1.